The highest BCUT2D eigenvalue weighted by molar-refractivity contribution is 9.10. The molecule has 0 aromatic heterocycles. The van der Waals surface area contributed by atoms with Crippen LogP contribution < -0.4 is 9.46 Å². The Bertz CT molecular complexity index is 511. The molecule has 5 heteroatoms. The molecule has 0 radical (unpaired) electrons. The van der Waals surface area contributed by atoms with Gasteiger partial charge in [-0.25, -0.2) is 8.93 Å². The number of ether oxygens (including phenoxy) is 1. The summed E-state index contributed by atoms with van der Waals surface area (Å²) in [5, 5.41) is 0. The van der Waals surface area contributed by atoms with E-state index in [1.807, 2.05) is 45.0 Å². The lowest BCUT2D eigenvalue weighted by atomic mass is 10.0. The first kappa shape index (κ1) is 18.4. The number of hydrogen-bond acceptors (Lipinski definition) is 2. The van der Waals surface area contributed by atoms with E-state index in [9.17, 15) is 4.21 Å². The number of nitrogens with one attached hydrogen (secondary N) is 1. The smallest absolute Gasteiger partial charge is 0.120 e. The topological polar surface area (TPSA) is 38.3 Å². The number of hydrogen-bond donors (Lipinski definition) is 1. The molecule has 0 saturated heterocycles. The van der Waals surface area contributed by atoms with E-state index in [4.69, 9.17) is 4.74 Å². The zero-order valence-electron chi connectivity index (χ0n) is 13.1. The third-order valence-corrected chi connectivity index (χ3v) is 5.35. The van der Waals surface area contributed by atoms with Gasteiger partial charge in [-0.15, -0.1) is 6.58 Å². The van der Waals surface area contributed by atoms with Crippen LogP contribution in [-0.4, -0.2) is 16.1 Å². The molecule has 118 valence electrons. The lowest BCUT2D eigenvalue weighted by Crippen LogP contribution is -2.35. The lowest BCUT2D eigenvalue weighted by molar-refractivity contribution is 0.414. The average molecular weight is 374 g/mol. The number of rotatable bonds is 7. The van der Waals surface area contributed by atoms with E-state index in [1.165, 1.54) is 0 Å². The third kappa shape index (κ3) is 5.57. The molecule has 21 heavy (non-hydrogen) atoms. The van der Waals surface area contributed by atoms with Crippen LogP contribution in [0.5, 0.6) is 5.75 Å². The molecule has 1 N–H and O–H groups in total. The molecule has 0 spiro atoms. The summed E-state index contributed by atoms with van der Waals surface area (Å²) in [5.74, 6) is 0.796. The second-order valence-corrected chi connectivity index (χ2v) is 8.66. The van der Waals surface area contributed by atoms with Crippen molar-refractivity contribution >= 4 is 26.9 Å². The minimum Gasteiger partial charge on any atom is -0.497 e. The normalized spacial score (nSPS) is 14.5. The van der Waals surface area contributed by atoms with Crippen molar-refractivity contribution in [3.63, 3.8) is 0 Å². The quantitative estimate of drug-likeness (QED) is 0.713. The van der Waals surface area contributed by atoms with Crippen LogP contribution in [0.1, 0.15) is 45.2 Å². The molecule has 3 nitrogen and oxygen atoms in total. The molecule has 1 rings (SSSR count). The van der Waals surface area contributed by atoms with E-state index >= 15 is 0 Å². The van der Waals surface area contributed by atoms with Crippen molar-refractivity contribution in [2.24, 2.45) is 0 Å². The van der Waals surface area contributed by atoms with Crippen molar-refractivity contribution in [1.82, 2.24) is 4.72 Å². The van der Waals surface area contributed by atoms with Crippen LogP contribution in [0.2, 0.25) is 0 Å². The fourth-order valence-corrected chi connectivity index (χ4v) is 3.28. The predicted octanol–water partition coefficient (Wildman–Crippen LogP) is 4.52. The molecule has 0 saturated carbocycles. The zero-order valence-corrected chi connectivity index (χ0v) is 15.5. The highest BCUT2D eigenvalue weighted by Gasteiger charge is 2.24. The van der Waals surface area contributed by atoms with Crippen LogP contribution in [0.4, 0.5) is 0 Å². The van der Waals surface area contributed by atoms with E-state index in [0.29, 0.717) is 0 Å². The first-order chi connectivity index (χ1) is 9.79. The maximum Gasteiger partial charge on any atom is 0.120 e. The summed E-state index contributed by atoms with van der Waals surface area (Å²) in [6.07, 6.45) is 3.58. The van der Waals surface area contributed by atoms with Gasteiger partial charge >= 0.3 is 0 Å². The SMILES string of the molecule is C=CCCC(NS(=O)C(C)(C)C)c1ccc(OC)cc1Br. The summed E-state index contributed by atoms with van der Waals surface area (Å²) in [4.78, 5) is 0. The Morgan fingerprint density at radius 1 is 1.48 bits per heavy atom. The van der Waals surface area contributed by atoms with E-state index in [-0.39, 0.29) is 10.8 Å². The van der Waals surface area contributed by atoms with Crippen molar-refractivity contribution in [3.8, 4) is 5.75 Å². The molecular weight excluding hydrogens is 350 g/mol. The second-order valence-electron chi connectivity index (χ2n) is 5.81. The molecule has 0 fully saturated rings. The summed E-state index contributed by atoms with van der Waals surface area (Å²) in [6, 6.07) is 5.85. The van der Waals surface area contributed by atoms with Crippen molar-refractivity contribution < 1.29 is 8.95 Å². The predicted molar refractivity (Wildman–Crippen MR) is 93.9 cm³/mol. The van der Waals surface area contributed by atoms with Gasteiger partial charge in [-0.1, -0.05) is 28.1 Å². The molecule has 0 aliphatic rings. The van der Waals surface area contributed by atoms with Crippen LogP contribution in [-0.2, 0) is 11.0 Å². The summed E-state index contributed by atoms with van der Waals surface area (Å²) in [7, 11) is 0.519. The van der Waals surface area contributed by atoms with E-state index in [0.717, 1.165) is 28.6 Å². The number of methoxy groups -OCH3 is 1. The van der Waals surface area contributed by atoms with Crippen LogP contribution >= 0.6 is 15.9 Å². The maximum absolute atomic E-state index is 12.4. The highest BCUT2D eigenvalue weighted by atomic mass is 79.9. The van der Waals surface area contributed by atoms with Crippen LogP contribution in [0.3, 0.4) is 0 Å². The first-order valence-electron chi connectivity index (χ1n) is 6.92. The molecule has 0 aliphatic heterocycles. The number of benzene rings is 1. The Labute approximate surface area is 138 Å². The zero-order chi connectivity index (χ0) is 16.0. The van der Waals surface area contributed by atoms with Crippen molar-refractivity contribution in [3.05, 3.63) is 40.9 Å². The molecular formula is C16H24BrNO2S. The van der Waals surface area contributed by atoms with Crippen molar-refractivity contribution in [1.29, 1.82) is 0 Å². The molecule has 1 aromatic rings. The average Bonchev–Trinajstić information content (AvgIpc) is 2.42. The minimum absolute atomic E-state index is 0.00309. The second kappa shape index (κ2) is 8.11. The standard InChI is InChI=1S/C16H24BrNO2S/c1-6-7-8-15(18-21(19)16(2,3)4)13-10-9-12(20-5)11-14(13)17/h6,9-11,15,18H,1,7-8H2,2-5H3. The number of halogens is 1. The van der Waals surface area contributed by atoms with Gasteiger partial charge in [0.05, 0.1) is 22.8 Å². The van der Waals surface area contributed by atoms with Crippen molar-refractivity contribution in [2.45, 2.75) is 44.4 Å². The van der Waals surface area contributed by atoms with E-state index in [2.05, 4.69) is 27.2 Å². The Morgan fingerprint density at radius 3 is 2.62 bits per heavy atom. The third-order valence-electron chi connectivity index (χ3n) is 3.05. The van der Waals surface area contributed by atoms with E-state index < -0.39 is 11.0 Å². The van der Waals surface area contributed by atoms with Crippen LogP contribution in [0.15, 0.2) is 35.3 Å². The minimum atomic E-state index is -1.12. The molecule has 0 heterocycles. The largest absolute Gasteiger partial charge is 0.497 e. The number of allylic oxidation sites excluding steroid dienone is 1. The Morgan fingerprint density at radius 2 is 2.14 bits per heavy atom. The Balaban J connectivity index is 3.02. The summed E-state index contributed by atoms with van der Waals surface area (Å²) in [6.45, 7) is 9.65. The van der Waals surface area contributed by atoms with Gasteiger partial charge in [0.15, 0.2) is 0 Å². The summed E-state index contributed by atoms with van der Waals surface area (Å²) in [5.41, 5.74) is 1.08. The van der Waals surface area contributed by atoms with Crippen LogP contribution in [0.25, 0.3) is 0 Å². The van der Waals surface area contributed by atoms with Gasteiger partial charge in [0.25, 0.3) is 0 Å². The van der Waals surface area contributed by atoms with Gasteiger partial charge in [0, 0.05) is 10.5 Å². The lowest BCUT2D eigenvalue weighted by Gasteiger charge is -2.25. The monoisotopic (exact) mass is 373 g/mol. The first-order valence-corrected chi connectivity index (χ1v) is 8.86. The molecule has 2 unspecified atom stereocenters. The van der Waals surface area contributed by atoms with Crippen LogP contribution in [0, 0.1) is 0 Å². The molecule has 2 atom stereocenters. The molecule has 0 amide bonds. The Kier molecular flexibility index (Phi) is 7.10. The molecule has 0 bridgehead atoms. The fraction of sp³-hybridized carbons (Fsp3) is 0.500. The maximum atomic E-state index is 12.4. The van der Waals surface area contributed by atoms with Crippen molar-refractivity contribution in [2.75, 3.05) is 7.11 Å². The highest BCUT2D eigenvalue weighted by Crippen LogP contribution is 2.31. The van der Waals surface area contributed by atoms with Gasteiger partial charge in [-0.05, 0) is 51.3 Å². The molecule has 1 aromatic carbocycles. The van der Waals surface area contributed by atoms with Gasteiger partial charge in [-0.3, -0.25) is 0 Å². The van der Waals surface area contributed by atoms with Gasteiger partial charge in [0.2, 0.25) is 0 Å². The van der Waals surface area contributed by atoms with Gasteiger partial charge in [0.1, 0.15) is 5.75 Å². The Hall–Kier alpha value is -0.650. The van der Waals surface area contributed by atoms with Gasteiger partial charge < -0.3 is 4.74 Å². The summed E-state index contributed by atoms with van der Waals surface area (Å²) < 4.78 is 21.5. The summed E-state index contributed by atoms with van der Waals surface area (Å²) >= 11 is 3.58. The van der Waals surface area contributed by atoms with Gasteiger partial charge in [-0.2, -0.15) is 0 Å². The van der Waals surface area contributed by atoms with E-state index in [1.54, 1.807) is 7.11 Å². The fourth-order valence-electron chi connectivity index (χ4n) is 1.79. The molecule has 0 aliphatic carbocycles.